The highest BCUT2D eigenvalue weighted by molar-refractivity contribution is 9.10. The normalized spacial score (nSPS) is 22.3. The number of carboxylic acid groups (broad SMARTS) is 1. The number of hydrogen-bond donors (Lipinski definition) is 1. The van der Waals surface area contributed by atoms with Gasteiger partial charge in [0.1, 0.15) is 11.8 Å². The van der Waals surface area contributed by atoms with Gasteiger partial charge in [-0.3, -0.25) is 4.90 Å². The molecule has 1 aliphatic heterocycles. The molecule has 1 saturated heterocycles. The van der Waals surface area contributed by atoms with E-state index in [1.165, 1.54) is 4.90 Å². The van der Waals surface area contributed by atoms with Gasteiger partial charge in [-0.05, 0) is 43.0 Å². The number of amides is 1. The van der Waals surface area contributed by atoms with E-state index in [0.29, 0.717) is 5.75 Å². The van der Waals surface area contributed by atoms with Crippen molar-refractivity contribution < 1.29 is 28.9 Å². The maximum absolute atomic E-state index is 13.4. The minimum Gasteiger partial charge on any atom is -0.496 e. The third kappa shape index (κ3) is 5.98. The van der Waals surface area contributed by atoms with E-state index in [4.69, 9.17) is 14.2 Å². The van der Waals surface area contributed by atoms with E-state index in [1.54, 1.807) is 21.0 Å². The molecule has 190 valence electrons. The Kier molecular flexibility index (Phi) is 8.49. The van der Waals surface area contributed by atoms with Gasteiger partial charge in [-0.25, -0.2) is 9.59 Å². The summed E-state index contributed by atoms with van der Waals surface area (Å²) in [5.74, 6) is -0.929. The van der Waals surface area contributed by atoms with Crippen LogP contribution in [0.1, 0.15) is 51.8 Å². The van der Waals surface area contributed by atoms with Gasteiger partial charge in [0.05, 0.1) is 32.0 Å². The summed E-state index contributed by atoms with van der Waals surface area (Å²) in [5, 5.41) is 10.4. The highest BCUT2D eigenvalue weighted by atomic mass is 79.9. The topological polar surface area (TPSA) is 85.3 Å². The number of carboxylic acids is 1. The summed E-state index contributed by atoms with van der Waals surface area (Å²) < 4.78 is 18.5. The van der Waals surface area contributed by atoms with Gasteiger partial charge in [0.2, 0.25) is 0 Å². The van der Waals surface area contributed by atoms with Crippen LogP contribution in [0.4, 0.5) is 4.79 Å². The highest BCUT2D eigenvalue weighted by Crippen LogP contribution is 2.50. The first-order chi connectivity index (χ1) is 16.5. The smallest absolute Gasteiger partial charge is 0.411 e. The van der Waals surface area contributed by atoms with Crippen LogP contribution in [0.5, 0.6) is 5.75 Å². The molecule has 1 aliphatic rings. The molecule has 0 radical (unpaired) electrons. The molecule has 35 heavy (non-hydrogen) atoms. The van der Waals surface area contributed by atoms with Crippen LogP contribution in [0.2, 0.25) is 0 Å². The molecule has 0 bridgehead atoms. The Hall–Kier alpha value is -2.58. The zero-order valence-electron chi connectivity index (χ0n) is 21.0. The monoisotopic (exact) mass is 547 g/mol. The zero-order chi connectivity index (χ0) is 25.9. The third-order valence-electron chi connectivity index (χ3n) is 6.22. The lowest BCUT2D eigenvalue weighted by molar-refractivity contribution is -0.145. The number of halogens is 1. The van der Waals surface area contributed by atoms with Crippen LogP contribution in [0.3, 0.4) is 0 Å². The standard InChI is InChI=1S/C27H34BrNO6/c1-16(2)35-26(32)29-22(17-10-8-7-9-11-17)24(21(27(3,4)5)23(29)25(30)31)34-15-18-14-19(28)12-13-20(18)33-6/h7-14,16,21-24H,15H2,1-6H3,(H,30,31)/t21-,22+,23+,24+/m1/s1. The number of aliphatic carboxylic acids is 1. The van der Waals surface area contributed by atoms with E-state index < -0.39 is 47.7 Å². The lowest BCUT2D eigenvalue weighted by Gasteiger charge is -2.34. The molecule has 1 fully saturated rings. The van der Waals surface area contributed by atoms with E-state index in [0.717, 1.165) is 15.6 Å². The lowest BCUT2D eigenvalue weighted by atomic mass is 9.73. The number of rotatable bonds is 7. The highest BCUT2D eigenvalue weighted by Gasteiger charge is 2.59. The number of likely N-dealkylation sites (tertiary alicyclic amines) is 1. The van der Waals surface area contributed by atoms with Crippen LogP contribution in [0.25, 0.3) is 0 Å². The molecule has 3 rings (SSSR count). The number of hydrogen-bond acceptors (Lipinski definition) is 5. The molecule has 0 aliphatic carbocycles. The number of nitrogens with zero attached hydrogens (tertiary/aromatic N) is 1. The molecule has 8 heteroatoms. The average molecular weight is 548 g/mol. The van der Waals surface area contributed by atoms with Gasteiger partial charge in [-0.1, -0.05) is 67.0 Å². The second kappa shape index (κ2) is 11.0. The second-order valence-electron chi connectivity index (χ2n) is 10.1. The van der Waals surface area contributed by atoms with Crippen molar-refractivity contribution in [1.29, 1.82) is 0 Å². The van der Waals surface area contributed by atoms with Gasteiger partial charge in [-0.2, -0.15) is 0 Å². The summed E-state index contributed by atoms with van der Waals surface area (Å²) in [6.07, 6.45) is -1.67. The van der Waals surface area contributed by atoms with Gasteiger partial charge in [-0.15, -0.1) is 0 Å². The minimum absolute atomic E-state index is 0.183. The minimum atomic E-state index is -1.12. The van der Waals surface area contributed by atoms with Gasteiger partial charge in [0.15, 0.2) is 0 Å². The van der Waals surface area contributed by atoms with E-state index >= 15 is 0 Å². The van der Waals surface area contributed by atoms with Gasteiger partial charge < -0.3 is 19.3 Å². The molecule has 2 aromatic rings. The fourth-order valence-electron chi connectivity index (χ4n) is 4.85. The van der Waals surface area contributed by atoms with Gasteiger partial charge >= 0.3 is 12.1 Å². The van der Waals surface area contributed by atoms with Crippen molar-refractivity contribution in [2.24, 2.45) is 11.3 Å². The van der Waals surface area contributed by atoms with Crippen LogP contribution >= 0.6 is 15.9 Å². The molecular formula is C27H34BrNO6. The number of methoxy groups -OCH3 is 1. The SMILES string of the molecule is COc1ccc(Br)cc1CO[C@H]1[C@H](C(C)(C)C)[C@@H](C(=O)O)N(C(=O)OC(C)C)[C@H]1c1ccccc1. The second-order valence-corrected chi connectivity index (χ2v) is 11.0. The Morgan fingerprint density at radius 1 is 1.11 bits per heavy atom. The summed E-state index contributed by atoms with van der Waals surface area (Å²) in [7, 11) is 1.59. The number of carbonyl (C=O) groups is 2. The van der Waals surface area contributed by atoms with E-state index in [1.807, 2.05) is 69.3 Å². The average Bonchev–Trinajstić information content (AvgIpc) is 3.14. The van der Waals surface area contributed by atoms with Crippen LogP contribution in [-0.2, 0) is 20.9 Å². The van der Waals surface area contributed by atoms with Crippen molar-refractivity contribution in [2.75, 3.05) is 7.11 Å². The number of carbonyl (C=O) groups excluding carboxylic acids is 1. The molecule has 0 spiro atoms. The largest absolute Gasteiger partial charge is 0.496 e. The van der Waals surface area contributed by atoms with Crippen molar-refractivity contribution in [1.82, 2.24) is 4.90 Å². The maximum atomic E-state index is 13.4. The van der Waals surface area contributed by atoms with E-state index in [9.17, 15) is 14.7 Å². The molecule has 0 saturated carbocycles. The Labute approximate surface area is 215 Å². The van der Waals surface area contributed by atoms with Crippen molar-refractivity contribution in [2.45, 2.75) is 65.5 Å². The van der Waals surface area contributed by atoms with Gasteiger partial charge in [0, 0.05) is 16.0 Å². The van der Waals surface area contributed by atoms with Crippen molar-refractivity contribution in [3.63, 3.8) is 0 Å². The summed E-state index contributed by atoms with van der Waals surface area (Å²) >= 11 is 3.49. The quantitative estimate of drug-likeness (QED) is 0.453. The molecule has 0 aromatic heterocycles. The van der Waals surface area contributed by atoms with Crippen LogP contribution < -0.4 is 4.74 Å². The molecule has 1 N–H and O–H groups in total. The summed E-state index contributed by atoms with van der Waals surface area (Å²) in [5.41, 5.74) is 1.11. The first-order valence-electron chi connectivity index (χ1n) is 11.7. The predicted octanol–water partition coefficient (Wildman–Crippen LogP) is 6.06. The van der Waals surface area contributed by atoms with Crippen LogP contribution in [0.15, 0.2) is 53.0 Å². The lowest BCUT2D eigenvalue weighted by Crippen LogP contribution is -2.47. The van der Waals surface area contributed by atoms with E-state index in [2.05, 4.69) is 15.9 Å². The maximum Gasteiger partial charge on any atom is 0.411 e. The third-order valence-corrected chi connectivity index (χ3v) is 6.71. The van der Waals surface area contributed by atoms with Crippen molar-refractivity contribution >= 4 is 28.0 Å². The van der Waals surface area contributed by atoms with E-state index in [-0.39, 0.29) is 6.61 Å². The zero-order valence-corrected chi connectivity index (χ0v) is 22.6. The molecule has 1 amide bonds. The molecular weight excluding hydrogens is 514 g/mol. The Bertz CT molecular complexity index is 1040. The van der Waals surface area contributed by atoms with Crippen LogP contribution in [0, 0.1) is 11.3 Å². The summed E-state index contributed by atoms with van der Waals surface area (Å²) in [4.78, 5) is 27.4. The predicted molar refractivity (Wildman–Crippen MR) is 136 cm³/mol. The Balaban J connectivity index is 2.13. The van der Waals surface area contributed by atoms with Gasteiger partial charge in [0.25, 0.3) is 0 Å². The molecule has 7 nitrogen and oxygen atoms in total. The number of benzene rings is 2. The van der Waals surface area contributed by atoms with Crippen molar-refractivity contribution in [3.8, 4) is 5.75 Å². The molecule has 4 atom stereocenters. The molecule has 2 aromatic carbocycles. The molecule has 0 unspecified atom stereocenters. The fraction of sp³-hybridized carbons (Fsp3) is 0.481. The first kappa shape index (κ1) is 27.0. The van der Waals surface area contributed by atoms with Crippen LogP contribution in [-0.4, -0.2) is 47.4 Å². The summed E-state index contributed by atoms with van der Waals surface area (Å²) in [6, 6.07) is 13.3. The fourth-order valence-corrected chi connectivity index (χ4v) is 5.26. The number of ether oxygens (including phenoxy) is 3. The van der Waals surface area contributed by atoms with Crippen molar-refractivity contribution in [3.05, 3.63) is 64.1 Å². The summed E-state index contributed by atoms with van der Waals surface area (Å²) in [6.45, 7) is 9.60. The Morgan fingerprint density at radius 3 is 2.31 bits per heavy atom. The first-order valence-corrected chi connectivity index (χ1v) is 12.5. The molecule has 1 heterocycles. The Morgan fingerprint density at radius 2 is 1.77 bits per heavy atom.